The van der Waals surface area contributed by atoms with Crippen LogP contribution < -0.4 is 10.9 Å². The van der Waals surface area contributed by atoms with Crippen molar-refractivity contribution in [2.45, 2.75) is 20.4 Å². The predicted octanol–water partition coefficient (Wildman–Crippen LogP) is 1.64. The Balaban J connectivity index is 2.10. The monoisotopic (exact) mass is 245 g/mol. The van der Waals surface area contributed by atoms with Crippen molar-refractivity contribution in [3.63, 3.8) is 0 Å². The van der Waals surface area contributed by atoms with Crippen LogP contribution in [0.1, 0.15) is 13.8 Å². The second-order valence-corrected chi connectivity index (χ2v) is 4.86. The maximum absolute atomic E-state index is 12.1. The minimum Gasteiger partial charge on any atom is -0.315 e. The van der Waals surface area contributed by atoms with Crippen LogP contribution in [0.15, 0.2) is 35.3 Å². The van der Waals surface area contributed by atoms with Crippen LogP contribution in [0.5, 0.6) is 0 Å². The number of hydrogen-bond donors (Lipinski definition) is 1. The summed E-state index contributed by atoms with van der Waals surface area (Å²) in [5.41, 5.74) is -0.0144. The number of nitrogens with zero attached hydrogens (tertiary/aromatic N) is 2. The predicted molar refractivity (Wildman–Crippen MR) is 73.7 cm³/mol. The van der Waals surface area contributed by atoms with Crippen LogP contribution in [-0.2, 0) is 6.54 Å². The van der Waals surface area contributed by atoms with E-state index < -0.39 is 0 Å². The molecule has 4 heteroatoms. The van der Waals surface area contributed by atoms with Crippen LogP contribution in [0.3, 0.4) is 0 Å². The number of benzene rings is 1. The summed E-state index contributed by atoms with van der Waals surface area (Å²) in [7, 11) is 0. The van der Waals surface area contributed by atoms with Crippen molar-refractivity contribution in [3.05, 3.63) is 40.8 Å². The van der Waals surface area contributed by atoms with Crippen LogP contribution in [0.4, 0.5) is 0 Å². The molecule has 0 spiro atoms. The molecule has 0 aliphatic carbocycles. The van der Waals surface area contributed by atoms with Gasteiger partial charge in [-0.1, -0.05) is 32.0 Å². The van der Waals surface area contributed by atoms with Gasteiger partial charge in [-0.2, -0.15) is 5.10 Å². The van der Waals surface area contributed by atoms with Crippen molar-refractivity contribution >= 4 is 10.8 Å². The Kier molecular flexibility index (Phi) is 4.10. The highest BCUT2D eigenvalue weighted by atomic mass is 16.1. The van der Waals surface area contributed by atoms with E-state index >= 15 is 0 Å². The molecule has 0 atom stereocenters. The first-order chi connectivity index (χ1) is 8.68. The van der Waals surface area contributed by atoms with Gasteiger partial charge in [0.05, 0.1) is 18.1 Å². The standard InChI is InChI=1S/C14H19N3O/c1-11(2)9-15-7-8-17-14(18)13-6-4-3-5-12(13)10-16-17/h3-6,10-11,15H,7-9H2,1-2H3. The van der Waals surface area contributed by atoms with Gasteiger partial charge in [0, 0.05) is 11.9 Å². The molecule has 0 aliphatic heterocycles. The van der Waals surface area contributed by atoms with E-state index in [0.29, 0.717) is 12.5 Å². The maximum atomic E-state index is 12.1. The number of nitrogens with one attached hydrogen (secondary N) is 1. The molecular weight excluding hydrogens is 226 g/mol. The second-order valence-electron chi connectivity index (χ2n) is 4.86. The molecule has 0 bridgehead atoms. The topological polar surface area (TPSA) is 46.9 Å². The maximum Gasteiger partial charge on any atom is 0.274 e. The zero-order chi connectivity index (χ0) is 13.0. The molecule has 0 fully saturated rings. The van der Waals surface area contributed by atoms with Crippen LogP contribution in [-0.4, -0.2) is 22.9 Å². The largest absolute Gasteiger partial charge is 0.315 e. The van der Waals surface area contributed by atoms with Crippen molar-refractivity contribution in [2.24, 2.45) is 5.92 Å². The summed E-state index contributed by atoms with van der Waals surface area (Å²) in [6, 6.07) is 7.55. The van der Waals surface area contributed by atoms with E-state index in [2.05, 4.69) is 24.3 Å². The molecule has 2 rings (SSSR count). The number of rotatable bonds is 5. The molecule has 0 aliphatic rings. The minimum absolute atomic E-state index is 0.0144. The molecule has 0 radical (unpaired) electrons. The Bertz CT molecular complexity index is 575. The van der Waals surface area contributed by atoms with Gasteiger partial charge in [-0.3, -0.25) is 4.79 Å². The molecule has 0 saturated carbocycles. The van der Waals surface area contributed by atoms with Gasteiger partial charge >= 0.3 is 0 Å². The Morgan fingerprint density at radius 1 is 1.33 bits per heavy atom. The molecule has 18 heavy (non-hydrogen) atoms. The van der Waals surface area contributed by atoms with Gasteiger partial charge in [0.15, 0.2) is 0 Å². The lowest BCUT2D eigenvalue weighted by atomic mass is 10.2. The third-order valence-corrected chi connectivity index (χ3v) is 2.81. The third-order valence-electron chi connectivity index (χ3n) is 2.81. The fraction of sp³-hybridized carbons (Fsp3) is 0.429. The van der Waals surface area contributed by atoms with Gasteiger partial charge in [0.1, 0.15) is 0 Å². The van der Waals surface area contributed by atoms with E-state index in [0.717, 1.165) is 23.9 Å². The Labute approximate surface area is 107 Å². The zero-order valence-electron chi connectivity index (χ0n) is 10.9. The zero-order valence-corrected chi connectivity index (χ0v) is 10.9. The lowest BCUT2D eigenvalue weighted by molar-refractivity contribution is 0.497. The van der Waals surface area contributed by atoms with E-state index in [1.165, 1.54) is 4.68 Å². The first-order valence-corrected chi connectivity index (χ1v) is 6.34. The average molecular weight is 245 g/mol. The van der Waals surface area contributed by atoms with E-state index in [-0.39, 0.29) is 5.56 Å². The summed E-state index contributed by atoms with van der Waals surface area (Å²) in [5.74, 6) is 0.617. The molecule has 4 nitrogen and oxygen atoms in total. The molecule has 0 amide bonds. The molecule has 1 heterocycles. The highest BCUT2D eigenvalue weighted by molar-refractivity contribution is 5.80. The molecule has 2 aromatic rings. The number of aromatic nitrogens is 2. The highest BCUT2D eigenvalue weighted by Crippen LogP contribution is 2.05. The lowest BCUT2D eigenvalue weighted by Gasteiger charge is -2.08. The number of fused-ring (bicyclic) bond motifs is 1. The highest BCUT2D eigenvalue weighted by Gasteiger charge is 2.02. The van der Waals surface area contributed by atoms with Gasteiger partial charge < -0.3 is 5.32 Å². The molecule has 1 aromatic carbocycles. The van der Waals surface area contributed by atoms with E-state index in [4.69, 9.17) is 0 Å². The Hall–Kier alpha value is -1.68. The smallest absolute Gasteiger partial charge is 0.274 e. The van der Waals surface area contributed by atoms with Crippen LogP contribution in [0.2, 0.25) is 0 Å². The Morgan fingerprint density at radius 2 is 2.11 bits per heavy atom. The van der Waals surface area contributed by atoms with Crippen molar-refractivity contribution in [2.75, 3.05) is 13.1 Å². The molecule has 0 unspecified atom stereocenters. The summed E-state index contributed by atoms with van der Waals surface area (Å²) in [6.45, 7) is 6.66. The van der Waals surface area contributed by atoms with Crippen LogP contribution >= 0.6 is 0 Å². The summed E-state index contributed by atoms with van der Waals surface area (Å²) >= 11 is 0. The van der Waals surface area contributed by atoms with Gasteiger partial charge in [-0.05, 0) is 18.5 Å². The molecule has 1 N–H and O–H groups in total. The van der Waals surface area contributed by atoms with Crippen LogP contribution in [0.25, 0.3) is 10.8 Å². The molecule has 0 saturated heterocycles. The van der Waals surface area contributed by atoms with E-state index in [1.807, 2.05) is 24.3 Å². The van der Waals surface area contributed by atoms with E-state index in [9.17, 15) is 4.79 Å². The SMILES string of the molecule is CC(C)CNCCn1ncc2ccccc2c1=O. The molecule has 1 aromatic heterocycles. The van der Waals surface area contributed by atoms with Gasteiger partial charge in [-0.25, -0.2) is 4.68 Å². The normalized spacial score (nSPS) is 11.3. The van der Waals surface area contributed by atoms with Gasteiger partial charge in [-0.15, -0.1) is 0 Å². The van der Waals surface area contributed by atoms with Crippen LogP contribution in [0, 0.1) is 5.92 Å². The summed E-state index contributed by atoms with van der Waals surface area (Å²) in [4.78, 5) is 12.1. The van der Waals surface area contributed by atoms with Gasteiger partial charge in [0.2, 0.25) is 0 Å². The first-order valence-electron chi connectivity index (χ1n) is 6.34. The fourth-order valence-corrected chi connectivity index (χ4v) is 1.86. The lowest BCUT2D eigenvalue weighted by Crippen LogP contribution is -2.30. The van der Waals surface area contributed by atoms with Crippen molar-refractivity contribution in [1.29, 1.82) is 0 Å². The van der Waals surface area contributed by atoms with Crippen molar-refractivity contribution < 1.29 is 0 Å². The minimum atomic E-state index is -0.0144. The third kappa shape index (κ3) is 2.96. The van der Waals surface area contributed by atoms with E-state index in [1.54, 1.807) is 6.20 Å². The van der Waals surface area contributed by atoms with Gasteiger partial charge in [0.25, 0.3) is 5.56 Å². The quantitative estimate of drug-likeness (QED) is 0.815. The summed E-state index contributed by atoms with van der Waals surface area (Å²) in [6.07, 6.45) is 1.75. The molecule has 96 valence electrons. The average Bonchev–Trinajstić information content (AvgIpc) is 2.37. The van der Waals surface area contributed by atoms with Crippen molar-refractivity contribution in [3.8, 4) is 0 Å². The Morgan fingerprint density at radius 3 is 2.89 bits per heavy atom. The molecular formula is C14H19N3O. The first kappa shape index (κ1) is 12.8. The second kappa shape index (κ2) is 5.78. The summed E-state index contributed by atoms with van der Waals surface area (Å²) in [5, 5.41) is 9.13. The fourth-order valence-electron chi connectivity index (χ4n) is 1.86. The number of hydrogen-bond acceptors (Lipinski definition) is 3. The summed E-state index contributed by atoms with van der Waals surface area (Å²) < 4.78 is 1.52. The van der Waals surface area contributed by atoms with Crippen molar-refractivity contribution in [1.82, 2.24) is 15.1 Å².